The van der Waals surface area contributed by atoms with E-state index in [2.05, 4.69) is 9.80 Å². The molecule has 0 spiro atoms. The molecule has 1 fully saturated rings. The summed E-state index contributed by atoms with van der Waals surface area (Å²) in [6, 6.07) is 7.02. The molecule has 0 aliphatic carbocycles. The Morgan fingerprint density at radius 3 is 2.32 bits per heavy atom. The highest BCUT2D eigenvalue weighted by Gasteiger charge is 2.25. The minimum atomic E-state index is -0.188. The van der Waals surface area contributed by atoms with Crippen LogP contribution < -0.4 is 4.90 Å². The highest BCUT2D eigenvalue weighted by molar-refractivity contribution is 5.75. The molecule has 0 aromatic heterocycles. The zero-order chi connectivity index (χ0) is 13.8. The molecule has 1 aliphatic heterocycles. The summed E-state index contributed by atoms with van der Waals surface area (Å²) >= 11 is 0. The topological polar surface area (TPSA) is 53.0 Å². The van der Waals surface area contributed by atoms with Crippen LogP contribution >= 0.6 is 0 Å². The summed E-state index contributed by atoms with van der Waals surface area (Å²) in [6.45, 7) is 5.27. The molecular weight excluding hydrogens is 244 g/mol. The molecule has 1 aliphatic rings. The number of hydrogen-bond acceptors (Lipinski definition) is 5. The predicted octanol–water partition coefficient (Wildman–Crippen LogP) is 1.08. The third-order valence-electron chi connectivity index (χ3n) is 3.62. The number of benzene rings is 1. The molecular formula is C14H20N2O3. The van der Waals surface area contributed by atoms with Gasteiger partial charge in [-0.25, -0.2) is 0 Å². The van der Waals surface area contributed by atoms with E-state index in [4.69, 9.17) is 4.74 Å². The number of carbonyl (C=O) groups excluding carboxylic acids is 1. The van der Waals surface area contributed by atoms with E-state index in [9.17, 15) is 9.90 Å². The van der Waals surface area contributed by atoms with Gasteiger partial charge in [0.15, 0.2) is 0 Å². The van der Waals surface area contributed by atoms with Gasteiger partial charge in [-0.2, -0.15) is 0 Å². The van der Waals surface area contributed by atoms with Crippen molar-refractivity contribution in [2.45, 2.75) is 13.0 Å². The SMILES string of the molecule is COC(=O)[C@@H](C)N1CCN(c2ccc(O)cc2)CC1. The summed E-state index contributed by atoms with van der Waals surface area (Å²) in [5, 5.41) is 9.28. The van der Waals surface area contributed by atoms with E-state index in [1.807, 2.05) is 19.1 Å². The molecule has 0 bridgehead atoms. The second kappa shape index (κ2) is 5.93. The molecule has 0 amide bonds. The van der Waals surface area contributed by atoms with Crippen molar-refractivity contribution in [3.8, 4) is 5.75 Å². The van der Waals surface area contributed by atoms with Gasteiger partial charge in [0, 0.05) is 31.9 Å². The fraction of sp³-hybridized carbons (Fsp3) is 0.500. The molecule has 2 rings (SSSR count). The molecule has 5 nitrogen and oxygen atoms in total. The molecule has 1 aromatic carbocycles. The van der Waals surface area contributed by atoms with Gasteiger partial charge < -0.3 is 14.7 Å². The van der Waals surface area contributed by atoms with E-state index in [1.54, 1.807) is 12.1 Å². The lowest BCUT2D eigenvalue weighted by Gasteiger charge is -2.38. The molecule has 5 heteroatoms. The van der Waals surface area contributed by atoms with Crippen molar-refractivity contribution in [3.05, 3.63) is 24.3 Å². The van der Waals surface area contributed by atoms with Crippen LogP contribution in [-0.2, 0) is 9.53 Å². The first-order valence-electron chi connectivity index (χ1n) is 6.47. The number of hydrogen-bond donors (Lipinski definition) is 1. The number of carbonyl (C=O) groups is 1. The van der Waals surface area contributed by atoms with Crippen LogP contribution in [0.1, 0.15) is 6.92 Å². The van der Waals surface area contributed by atoms with Gasteiger partial charge in [-0.3, -0.25) is 9.69 Å². The van der Waals surface area contributed by atoms with E-state index in [0.717, 1.165) is 31.9 Å². The van der Waals surface area contributed by atoms with E-state index in [-0.39, 0.29) is 17.8 Å². The zero-order valence-corrected chi connectivity index (χ0v) is 11.4. The average molecular weight is 264 g/mol. The predicted molar refractivity (Wildman–Crippen MR) is 73.4 cm³/mol. The van der Waals surface area contributed by atoms with E-state index < -0.39 is 0 Å². The number of piperazine rings is 1. The Kier molecular flexibility index (Phi) is 4.27. The Labute approximate surface area is 113 Å². The second-order valence-corrected chi connectivity index (χ2v) is 4.74. The van der Waals surface area contributed by atoms with Crippen molar-refractivity contribution in [2.24, 2.45) is 0 Å². The Morgan fingerprint density at radius 1 is 1.21 bits per heavy atom. The lowest BCUT2D eigenvalue weighted by molar-refractivity contribution is -0.146. The van der Waals surface area contributed by atoms with Crippen LogP contribution in [0.2, 0.25) is 0 Å². The number of anilines is 1. The van der Waals surface area contributed by atoms with Gasteiger partial charge in [0.2, 0.25) is 0 Å². The molecule has 1 aromatic rings. The second-order valence-electron chi connectivity index (χ2n) is 4.74. The first kappa shape index (κ1) is 13.7. The number of methoxy groups -OCH3 is 1. The van der Waals surface area contributed by atoms with Gasteiger partial charge in [-0.05, 0) is 31.2 Å². The highest BCUT2D eigenvalue weighted by atomic mass is 16.5. The molecule has 1 heterocycles. The van der Waals surface area contributed by atoms with E-state index in [0.29, 0.717) is 0 Å². The molecule has 0 radical (unpaired) electrons. The largest absolute Gasteiger partial charge is 0.508 e. The summed E-state index contributed by atoms with van der Waals surface area (Å²) in [7, 11) is 1.42. The van der Waals surface area contributed by atoms with Crippen molar-refractivity contribution in [1.29, 1.82) is 0 Å². The first-order chi connectivity index (χ1) is 9.11. The average Bonchev–Trinajstić information content (AvgIpc) is 2.46. The van der Waals surface area contributed by atoms with Crippen LogP contribution in [0.4, 0.5) is 5.69 Å². The maximum absolute atomic E-state index is 11.5. The standard InChI is InChI=1S/C14H20N2O3/c1-11(14(18)19-2)15-7-9-16(10-8-15)12-3-5-13(17)6-4-12/h3-6,11,17H,7-10H2,1-2H3/t11-/m1/s1. The summed E-state index contributed by atoms with van der Waals surface area (Å²) in [4.78, 5) is 15.9. The molecule has 0 saturated carbocycles. The lowest BCUT2D eigenvalue weighted by atomic mass is 10.2. The Morgan fingerprint density at radius 2 is 1.79 bits per heavy atom. The van der Waals surface area contributed by atoms with Crippen LogP contribution in [0.5, 0.6) is 5.75 Å². The van der Waals surface area contributed by atoms with E-state index in [1.165, 1.54) is 7.11 Å². The fourth-order valence-electron chi connectivity index (χ4n) is 2.35. The molecule has 1 saturated heterocycles. The minimum absolute atomic E-state index is 0.182. The maximum atomic E-state index is 11.5. The Balaban J connectivity index is 1.92. The summed E-state index contributed by atoms with van der Waals surface area (Å²) in [6.07, 6.45) is 0. The lowest BCUT2D eigenvalue weighted by Crippen LogP contribution is -2.52. The van der Waals surface area contributed by atoms with Crippen LogP contribution in [0, 0.1) is 0 Å². The van der Waals surface area contributed by atoms with Gasteiger partial charge in [0.05, 0.1) is 7.11 Å². The summed E-state index contributed by atoms with van der Waals surface area (Å²) in [5.74, 6) is 0.0970. The maximum Gasteiger partial charge on any atom is 0.322 e. The molecule has 1 N–H and O–H groups in total. The smallest absolute Gasteiger partial charge is 0.322 e. The number of ether oxygens (including phenoxy) is 1. The van der Waals surface area contributed by atoms with Crippen LogP contribution in [0.25, 0.3) is 0 Å². The van der Waals surface area contributed by atoms with Crippen molar-refractivity contribution in [3.63, 3.8) is 0 Å². The van der Waals surface area contributed by atoms with E-state index >= 15 is 0 Å². The van der Waals surface area contributed by atoms with Crippen molar-refractivity contribution in [1.82, 2.24) is 4.90 Å². The molecule has 1 atom stereocenters. The third kappa shape index (κ3) is 3.17. The normalized spacial score (nSPS) is 18.1. The number of phenols is 1. The monoisotopic (exact) mass is 264 g/mol. The number of aromatic hydroxyl groups is 1. The number of phenolic OH excluding ortho intramolecular Hbond substituents is 1. The summed E-state index contributed by atoms with van der Waals surface area (Å²) in [5.41, 5.74) is 1.10. The van der Waals surface area contributed by atoms with Gasteiger partial charge in [0.25, 0.3) is 0 Å². The minimum Gasteiger partial charge on any atom is -0.508 e. The van der Waals surface area contributed by atoms with Crippen LogP contribution in [-0.4, -0.2) is 55.3 Å². The van der Waals surface area contributed by atoms with Crippen molar-refractivity contribution >= 4 is 11.7 Å². The van der Waals surface area contributed by atoms with Crippen LogP contribution in [0.15, 0.2) is 24.3 Å². The molecule has 104 valence electrons. The summed E-state index contributed by atoms with van der Waals surface area (Å²) < 4.78 is 4.77. The Hall–Kier alpha value is -1.75. The van der Waals surface area contributed by atoms with Gasteiger partial charge in [-0.15, -0.1) is 0 Å². The first-order valence-corrected chi connectivity index (χ1v) is 6.47. The van der Waals surface area contributed by atoms with Gasteiger partial charge in [0.1, 0.15) is 11.8 Å². The van der Waals surface area contributed by atoms with Gasteiger partial charge in [-0.1, -0.05) is 0 Å². The van der Waals surface area contributed by atoms with Crippen molar-refractivity contribution in [2.75, 3.05) is 38.2 Å². The van der Waals surface area contributed by atoms with Crippen LogP contribution in [0.3, 0.4) is 0 Å². The number of esters is 1. The molecule has 19 heavy (non-hydrogen) atoms. The fourth-order valence-corrected chi connectivity index (χ4v) is 2.35. The highest BCUT2D eigenvalue weighted by Crippen LogP contribution is 2.20. The number of nitrogens with zero attached hydrogens (tertiary/aromatic N) is 2. The number of rotatable bonds is 3. The van der Waals surface area contributed by atoms with Crippen molar-refractivity contribution < 1.29 is 14.6 Å². The third-order valence-corrected chi connectivity index (χ3v) is 3.62. The Bertz CT molecular complexity index is 425. The van der Waals surface area contributed by atoms with Gasteiger partial charge >= 0.3 is 5.97 Å². The quantitative estimate of drug-likeness (QED) is 0.828. The zero-order valence-electron chi connectivity index (χ0n) is 11.4. The molecule has 0 unspecified atom stereocenters.